The maximum Gasteiger partial charge on any atom is 0.326 e. The van der Waals surface area contributed by atoms with Crippen molar-refractivity contribution in [1.82, 2.24) is 10.1 Å². The lowest BCUT2D eigenvalue weighted by Gasteiger charge is -2.07. The SMILES string of the molecule is CCc1cccc(Nc2nc(-c3ccc(OC)c(OC)c3)no2)c1. The van der Waals surface area contributed by atoms with Crippen LogP contribution in [0, 0.1) is 0 Å². The Morgan fingerprint density at radius 1 is 1.04 bits per heavy atom. The van der Waals surface area contributed by atoms with Crippen molar-refractivity contribution in [3.05, 3.63) is 48.0 Å². The summed E-state index contributed by atoms with van der Waals surface area (Å²) in [5.41, 5.74) is 2.93. The molecule has 2 aromatic carbocycles. The quantitative estimate of drug-likeness (QED) is 0.737. The van der Waals surface area contributed by atoms with Crippen molar-refractivity contribution >= 4 is 11.7 Å². The smallest absolute Gasteiger partial charge is 0.326 e. The highest BCUT2D eigenvalue weighted by molar-refractivity contribution is 5.62. The summed E-state index contributed by atoms with van der Waals surface area (Å²) in [6, 6.07) is 13.9. The molecule has 6 heteroatoms. The van der Waals surface area contributed by atoms with Crippen LogP contribution in [-0.4, -0.2) is 24.4 Å². The summed E-state index contributed by atoms with van der Waals surface area (Å²) >= 11 is 0. The standard InChI is InChI=1S/C18H19N3O3/c1-4-12-6-5-7-14(10-12)19-18-20-17(21-24-18)13-8-9-15(22-2)16(11-13)23-3/h5-11H,4H2,1-3H3,(H,19,20,21). The van der Waals surface area contributed by atoms with Crippen LogP contribution >= 0.6 is 0 Å². The maximum atomic E-state index is 5.30. The zero-order valence-corrected chi connectivity index (χ0v) is 13.9. The summed E-state index contributed by atoms with van der Waals surface area (Å²) < 4.78 is 15.8. The number of hydrogen-bond acceptors (Lipinski definition) is 6. The van der Waals surface area contributed by atoms with E-state index in [4.69, 9.17) is 14.0 Å². The van der Waals surface area contributed by atoms with E-state index in [1.54, 1.807) is 14.2 Å². The number of ether oxygens (including phenoxy) is 2. The van der Waals surface area contributed by atoms with Gasteiger partial charge in [-0.2, -0.15) is 4.98 Å². The van der Waals surface area contributed by atoms with E-state index < -0.39 is 0 Å². The minimum Gasteiger partial charge on any atom is -0.493 e. The number of aromatic nitrogens is 2. The van der Waals surface area contributed by atoms with Crippen LogP contribution in [0.25, 0.3) is 11.4 Å². The van der Waals surface area contributed by atoms with Gasteiger partial charge in [0.2, 0.25) is 5.82 Å². The lowest BCUT2D eigenvalue weighted by molar-refractivity contribution is 0.355. The molecule has 24 heavy (non-hydrogen) atoms. The third-order valence-electron chi connectivity index (χ3n) is 3.65. The predicted molar refractivity (Wildman–Crippen MR) is 91.9 cm³/mol. The molecule has 0 radical (unpaired) electrons. The monoisotopic (exact) mass is 325 g/mol. The summed E-state index contributed by atoms with van der Waals surface area (Å²) in [7, 11) is 3.18. The van der Waals surface area contributed by atoms with E-state index in [-0.39, 0.29) is 0 Å². The van der Waals surface area contributed by atoms with E-state index in [1.165, 1.54) is 5.56 Å². The molecule has 0 aliphatic heterocycles. The fourth-order valence-electron chi connectivity index (χ4n) is 2.36. The zero-order valence-electron chi connectivity index (χ0n) is 13.9. The average molecular weight is 325 g/mol. The van der Waals surface area contributed by atoms with Crippen molar-refractivity contribution in [1.29, 1.82) is 0 Å². The minimum atomic E-state index is 0.341. The van der Waals surface area contributed by atoms with Gasteiger partial charge in [0.1, 0.15) is 0 Å². The highest BCUT2D eigenvalue weighted by Crippen LogP contribution is 2.31. The lowest BCUT2D eigenvalue weighted by Crippen LogP contribution is -1.92. The second kappa shape index (κ2) is 7.04. The van der Waals surface area contributed by atoms with Gasteiger partial charge in [0, 0.05) is 11.3 Å². The van der Waals surface area contributed by atoms with Crippen LogP contribution in [0.3, 0.4) is 0 Å². The Bertz CT molecular complexity index is 830. The summed E-state index contributed by atoms with van der Waals surface area (Å²) in [6.07, 6.45) is 0.968. The first-order chi connectivity index (χ1) is 11.7. The number of nitrogens with zero attached hydrogens (tertiary/aromatic N) is 2. The van der Waals surface area contributed by atoms with E-state index >= 15 is 0 Å². The first kappa shape index (κ1) is 15.9. The first-order valence-electron chi connectivity index (χ1n) is 7.65. The summed E-state index contributed by atoms with van der Waals surface area (Å²) in [4.78, 5) is 4.38. The fourth-order valence-corrected chi connectivity index (χ4v) is 2.36. The van der Waals surface area contributed by atoms with Gasteiger partial charge >= 0.3 is 6.01 Å². The van der Waals surface area contributed by atoms with E-state index in [0.29, 0.717) is 23.3 Å². The molecule has 0 saturated heterocycles. The molecule has 3 rings (SSSR count). The zero-order chi connectivity index (χ0) is 16.9. The molecule has 1 aromatic heterocycles. The number of aryl methyl sites for hydroxylation is 1. The van der Waals surface area contributed by atoms with E-state index in [0.717, 1.165) is 17.7 Å². The molecule has 0 aliphatic carbocycles. The van der Waals surface area contributed by atoms with Crippen LogP contribution in [0.15, 0.2) is 47.0 Å². The molecule has 6 nitrogen and oxygen atoms in total. The molecule has 0 unspecified atom stereocenters. The average Bonchev–Trinajstić information content (AvgIpc) is 3.09. The van der Waals surface area contributed by atoms with Gasteiger partial charge in [0.15, 0.2) is 11.5 Å². The Morgan fingerprint density at radius 3 is 2.62 bits per heavy atom. The molecule has 1 heterocycles. The number of hydrogen-bond donors (Lipinski definition) is 1. The highest BCUT2D eigenvalue weighted by Gasteiger charge is 2.12. The molecule has 124 valence electrons. The predicted octanol–water partition coefficient (Wildman–Crippen LogP) is 4.06. The Balaban J connectivity index is 1.82. The third-order valence-corrected chi connectivity index (χ3v) is 3.65. The van der Waals surface area contributed by atoms with Crippen molar-refractivity contribution in [3.8, 4) is 22.9 Å². The summed E-state index contributed by atoms with van der Waals surface area (Å²) in [6.45, 7) is 2.11. The van der Waals surface area contributed by atoms with E-state index in [9.17, 15) is 0 Å². The third kappa shape index (κ3) is 3.32. The van der Waals surface area contributed by atoms with Gasteiger partial charge in [0.05, 0.1) is 14.2 Å². The Labute approximate surface area is 140 Å². The van der Waals surface area contributed by atoms with Gasteiger partial charge in [-0.15, -0.1) is 0 Å². The van der Waals surface area contributed by atoms with Crippen LogP contribution in [0.4, 0.5) is 11.7 Å². The van der Waals surface area contributed by atoms with Crippen LogP contribution in [0.1, 0.15) is 12.5 Å². The number of nitrogens with one attached hydrogen (secondary N) is 1. The number of rotatable bonds is 6. The normalized spacial score (nSPS) is 10.5. The molecule has 0 aliphatic rings. The molecule has 3 aromatic rings. The van der Waals surface area contributed by atoms with Crippen LogP contribution in [0.5, 0.6) is 11.5 Å². The van der Waals surface area contributed by atoms with Gasteiger partial charge in [-0.3, -0.25) is 0 Å². The molecule has 0 bridgehead atoms. The van der Waals surface area contributed by atoms with E-state index in [2.05, 4.69) is 34.5 Å². The molecular weight excluding hydrogens is 306 g/mol. The van der Waals surface area contributed by atoms with Crippen molar-refractivity contribution < 1.29 is 14.0 Å². The van der Waals surface area contributed by atoms with Gasteiger partial charge in [0.25, 0.3) is 0 Å². The molecule has 0 amide bonds. The minimum absolute atomic E-state index is 0.341. The lowest BCUT2D eigenvalue weighted by atomic mass is 10.1. The number of anilines is 2. The summed E-state index contributed by atoms with van der Waals surface area (Å²) in [5.74, 6) is 1.74. The van der Waals surface area contributed by atoms with Crippen molar-refractivity contribution in [3.63, 3.8) is 0 Å². The van der Waals surface area contributed by atoms with Crippen LogP contribution < -0.4 is 14.8 Å². The Kier molecular flexibility index (Phi) is 4.65. The van der Waals surface area contributed by atoms with Gasteiger partial charge in [-0.05, 0) is 42.3 Å². The summed E-state index contributed by atoms with van der Waals surface area (Å²) in [5, 5.41) is 7.13. The second-order valence-electron chi connectivity index (χ2n) is 5.17. The van der Waals surface area contributed by atoms with E-state index in [1.807, 2.05) is 30.3 Å². The number of benzene rings is 2. The second-order valence-corrected chi connectivity index (χ2v) is 5.17. The maximum absolute atomic E-state index is 5.30. The molecular formula is C18H19N3O3. The Hall–Kier alpha value is -3.02. The molecule has 0 fully saturated rings. The van der Waals surface area contributed by atoms with Gasteiger partial charge in [-0.25, -0.2) is 0 Å². The van der Waals surface area contributed by atoms with Crippen LogP contribution in [-0.2, 0) is 6.42 Å². The van der Waals surface area contributed by atoms with Gasteiger partial charge in [-0.1, -0.05) is 24.2 Å². The van der Waals surface area contributed by atoms with Crippen molar-refractivity contribution in [2.45, 2.75) is 13.3 Å². The largest absolute Gasteiger partial charge is 0.493 e. The topological polar surface area (TPSA) is 69.4 Å². The first-order valence-corrected chi connectivity index (χ1v) is 7.65. The van der Waals surface area contributed by atoms with Gasteiger partial charge < -0.3 is 19.3 Å². The highest BCUT2D eigenvalue weighted by atomic mass is 16.5. The molecule has 0 atom stereocenters. The van der Waals surface area contributed by atoms with Crippen molar-refractivity contribution in [2.75, 3.05) is 19.5 Å². The Morgan fingerprint density at radius 2 is 1.88 bits per heavy atom. The molecule has 0 spiro atoms. The fraction of sp³-hybridized carbons (Fsp3) is 0.222. The number of methoxy groups -OCH3 is 2. The van der Waals surface area contributed by atoms with Crippen LogP contribution in [0.2, 0.25) is 0 Å². The van der Waals surface area contributed by atoms with Crippen molar-refractivity contribution in [2.24, 2.45) is 0 Å². The molecule has 1 N–H and O–H groups in total. The molecule has 0 saturated carbocycles.